The van der Waals surface area contributed by atoms with Gasteiger partial charge in [0.15, 0.2) is 0 Å². The molecule has 1 atom stereocenters. The third kappa shape index (κ3) is 2.28. The Hall–Kier alpha value is -1.11. The van der Waals surface area contributed by atoms with Crippen LogP contribution in [0.4, 0.5) is 0 Å². The molecule has 2 rings (SSSR count). The van der Waals surface area contributed by atoms with Gasteiger partial charge in [0.25, 0.3) is 0 Å². The summed E-state index contributed by atoms with van der Waals surface area (Å²) in [4.78, 5) is 14.0. The SMILES string of the molecule is O=c1cc(B(O)O)cc(C2CCNC2)[nH]1. The number of hydrogen-bond donors (Lipinski definition) is 4. The van der Waals surface area contributed by atoms with E-state index in [0.717, 1.165) is 25.2 Å². The van der Waals surface area contributed by atoms with Gasteiger partial charge >= 0.3 is 7.12 Å². The lowest BCUT2D eigenvalue weighted by Gasteiger charge is -2.09. The topological polar surface area (TPSA) is 85.3 Å². The van der Waals surface area contributed by atoms with E-state index in [9.17, 15) is 4.79 Å². The smallest absolute Gasteiger partial charge is 0.423 e. The lowest BCUT2D eigenvalue weighted by atomic mass is 9.80. The summed E-state index contributed by atoms with van der Waals surface area (Å²) >= 11 is 0. The highest BCUT2D eigenvalue weighted by atomic mass is 16.4. The van der Waals surface area contributed by atoms with E-state index >= 15 is 0 Å². The first-order valence-corrected chi connectivity index (χ1v) is 4.98. The Kier molecular flexibility index (Phi) is 2.90. The Morgan fingerprint density at radius 1 is 1.40 bits per heavy atom. The van der Waals surface area contributed by atoms with Crippen molar-refractivity contribution in [1.82, 2.24) is 10.3 Å². The summed E-state index contributed by atoms with van der Waals surface area (Å²) < 4.78 is 0. The summed E-state index contributed by atoms with van der Waals surface area (Å²) in [5.74, 6) is 0.261. The highest BCUT2D eigenvalue weighted by molar-refractivity contribution is 6.58. The van der Waals surface area contributed by atoms with Crippen molar-refractivity contribution in [2.45, 2.75) is 12.3 Å². The lowest BCUT2D eigenvalue weighted by molar-refractivity contribution is 0.425. The van der Waals surface area contributed by atoms with Crippen LogP contribution in [0.1, 0.15) is 18.0 Å². The number of aromatic nitrogens is 1. The van der Waals surface area contributed by atoms with Gasteiger partial charge in [0, 0.05) is 24.2 Å². The monoisotopic (exact) mass is 208 g/mol. The summed E-state index contributed by atoms with van der Waals surface area (Å²) in [5, 5.41) is 21.2. The molecule has 0 aromatic carbocycles. The third-order valence-electron chi connectivity index (χ3n) is 2.69. The van der Waals surface area contributed by atoms with Crippen LogP contribution in [-0.2, 0) is 0 Å². The zero-order chi connectivity index (χ0) is 10.8. The first kappa shape index (κ1) is 10.4. The maximum Gasteiger partial charge on any atom is 0.488 e. The van der Waals surface area contributed by atoms with Gasteiger partial charge in [-0.05, 0) is 24.5 Å². The summed E-state index contributed by atoms with van der Waals surface area (Å²) in [6.45, 7) is 1.75. The minimum absolute atomic E-state index is 0.251. The zero-order valence-electron chi connectivity index (χ0n) is 8.23. The Morgan fingerprint density at radius 2 is 2.20 bits per heavy atom. The molecule has 4 N–H and O–H groups in total. The zero-order valence-corrected chi connectivity index (χ0v) is 8.23. The molecule has 80 valence electrons. The second-order valence-corrected chi connectivity index (χ2v) is 3.80. The lowest BCUT2D eigenvalue weighted by Crippen LogP contribution is -2.34. The molecule has 0 bridgehead atoms. The van der Waals surface area contributed by atoms with Crippen LogP contribution in [0, 0.1) is 0 Å². The molecule has 0 amide bonds. The average Bonchev–Trinajstić information content (AvgIpc) is 2.69. The maximum absolute atomic E-state index is 11.3. The highest BCUT2D eigenvalue weighted by Gasteiger charge is 2.20. The standard InChI is InChI=1S/C9H13BN2O3/c13-9-4-7(10(14)15)3-8(12-9)6-1-2-11-5-6/h3-4,6,11,14-15H,1-2,5H2,(H,12,13). The molecule has 0 radical (unpaired) electrons. The molecule has 1 aromatic heterocycles. The molecule has 5 nitrogen and oxygen atoms in total. The van der Waals surface area contributed by atoms with Crippen LogP contribution in [0.3, 0.4) is 0 Å². The maximum atomic E-state index is 11.3. The number of pyridine rings is 1. The number of hydrogen-bond acceptors (Lipinski definition) is 4. The van der Waals surface area contributed by atoms with Crippen LogP contribution in [0.5, 0.6) is 0 Å². The van der Waals surface area contributed by atoms with E-state index < -0.39 is 7.12 Å². The molecule has 0 aliphatic carbocycles. The van der Waals surface area contributed by atoms with E-state index in [4.69, 9.17) is 10.0 Å². The molecule has 1 aliphatic rings. The van der Waals surface area contributed by atoms with Gasteiger partial charge in [0.1, 0.15) is 0 Å². The van der Waals surface area contributed by atoms with Crippen molar-refractivity contribution in [3.05, 3.63) is 28.2 Å². The number of aromatic amines is 1. The second-order valence-electron chi connectivity index (χ2n) is 3.80. The molecule has 1 aromatic rings. The van der Waals surface area contributed by atoms with Crippen molar-refractivity contribution < 1.29 is 10.0 Å². The predicted molar refractivity (Wildman–Crippen MR) is 57.1 cm³/mol. The van der Waals surface area contributed by atoms with E-state index in [1.54, 1.807) is 6.07 Å². The van der Waals surface area contributed by atoms with Crippen molar-refractivity contribution in [2.24, 2.45) is 0 Å². The number of rotatable bonds is 2. The van der Waals surface area contributed by atoms with Gasteiger partial charge in [-0.2, -0.15) is 0 Å². The second kappa shape index (κ2) is 4.18. The van der Waals surface area contributed by atoms with E-state index in [-0.39, 0.29) is 16.9 Å². The van der Waals surface area contributed by atoms with Gasteiger partial charge in [0.2, 0.25) is 5.56 Å². The molecular weight excluding hydrogens is 195 g/mol. The van der Waals surface area contributed by atoms with Crippen molar-refractivity contribution in [3.63, 3.8) is 0 Å². The summed E-state index contributed by atoms with van der Waals surface area (Å²) in [5.41, 5.74) is 0.735. The van der Waals surface area contributed by atoms with Gasteiger partial charge < -0.3 is 20.3 Å². The van der Waals surface area contributed by atoms with Gasteiger partial charge in [-0.15, -0.1) is 0 Å². The Labute approximate surface area is 87.3 Å². The van der Waals surface area contributed by atoms with E-state index in [0.29, 0.717) is 0 Å². The first-order valence-electron chi connectivity index (χ1n) is 4.98. The quantitative estimate of drug-likeness (QED) is 0.429. The predicted octanol–water partition coefficient (Wildman–Crippen LogP) is -1.87. The fourth-order valence-corrected chi connectivity index (χ4v) is 1.88. The van der Waals surface area contributed by atoms with E-state index in [2.05, 4.69) is 10.3 Å². The molecule has 6 heteroatoms. The van der Waals surface area contributed by atoms with Crippen molar-refractivity contribution >= 4 is 12.6 Å². The van der Waals surface area contributed by atoms with Crippen molar-refractivity contribution in [1.29, 1.82) is 0 Å². The first-order chi connectivity index (χ1) is 7.16. The van der Waals surface area contributed by atoms with Crippen molar-refractivity contribution in [3.8, 4) is 0 Å². The molecule has 1 unspecified atom stereocenters. The van der Waals surface area contributed by atoms with Crippen LogP contribution in [-0.4, -0.2) is 35.2 Å². The molecule has 2 heterocycles. The third-order valence-corrected chi connectivity index (χ3v) is 2.69. The van der Waals surface area contributed by atoms with Gasteiger partial charge in [-0.25, -0.2) is 0 Å². The minimum atomic E-state index is -1.58. The van der Waals surface area contributed by atoms with E-state index in [1.807, 2.05) is 0 Å². The van der Waals surface area contributed by atoms with Gasteiger partial charge in [0.05, 0.1) is 0 Å². The molecule has 0 saturated carbocycles. The van der Waals surface area contributed by atoms with Crippen LogP contribution in [0.15, 0.2) is 16.9 Å². The number of nitrogens with one attached hydrogen (secondary N) is 2. The normalized spacial score (nSPS) is 20.5. The highest BCUT2D eigenvalue weighted by Crippen LogP contribution is 2.18. The Bertz CT molecular complexity index is 399. The van der Waals surface area contributed by atoms with Crippen LogP contribution >= 0.6 is 0 Å². The molecule has 1 fully saturated rings. The Balaban J connectivity index is 2.34. The minimum Gasteiger partial charge on any atom is -0.423 e. The fraction of sp³-hybridized carbons (Fsp3) is 0.444. The summed E-state index contributed by atoms with van der Waals surface area (Å²) in [6.07, 6.45) is 0.959. The largest absolute Gasteiger partial charge is 0.488 e. The molecular formula is C9H13BN2O3. The van der Waals surface area contributed by atoms with Crippen LogP contribution in [0.25, 0.3) is 0 Å². The number of H-pyrrole nitrogens is 1. The molecule has 0 spiro atoms. The van der Waals surface area contributed by atoms with Gasteiger partial charge in [-0.3, -0.25) is 4.79 Å². The molecule has 1 saturated heterocycles. The summed E-state index contributed by atoms with van der Waals surface area (Å²) in [7, 11) is -1.58. The van der Waals surface area contributed by atoms with Crippen LogP contribution in [0.2, 0.25) is 0 Å². The van der Waals surface area contributed by atoms with Crippen LogP contribution < -0.4 is 16.3 Å². The summed E-state index contributed by atoms with van der Waals surface area (Å²) in [6, 6.07) is 2.85. The van der Waals surface area contributed by atoms with Crippen molar-refractivity contribution in [2.75, 3.05) is 13.1 Å². The van der Waals surface area contributed by atoms with E-state index in [1.165, 1.54) is 6.07 Å². The van der Waals surface area contributed by atoms with Gasteiger partial charge in [-0.1, -0.05) is 0 Å². The Morgan fingerprint density at radius 3 is 2.80 bits per heavy atom. The average molecular weight is 208 g/mol. The molecule has 1 aliphatic heterocycles. The fourth-order valence-electron chi connectivity index (χ4n) is 1.88. The molecule has 15 heavy (non-hydrogen) atoms.